The molecule has 1 unspecified atom stereocenters. The molecule has 3 aromatic rings. The smallest absolute Gasteiger partial charge is 0.414 e. The molecule has 5 fully saturated rings. The van der Waals surface area contributed by atoms with E-state index < -0.39 is 18.0 Å². The van der Waals surface area contributed by atoms with E-state index in [0.29, 0.717) is 54.1 Å². The molecule has 8 rings (SSSR count). The van der Waals surface area contributed by atoms with Crippen molar-refractivity contribution in [2.24, 2.45) is 5.92 Å². The highest BCUT2D eigenvalue weighted by molar-refractivity contribution is 6.01. The largest absolute Gasteiger partial charge is 0.449 e. The van der Waals surface area contributed by atoms with E-state index in [-0.39, 0.29) is 59.6 Å². The van der Waals surface area contributed by atoms with Crippen LogP contribution in [-0.2, 0) is 19.1 Å². The van der Waals surface area contributed by atoms with Crippen molar-refractivity contribution in [2.75, 3.05) is 41.8 Å². The minimum atomic E-state index is -0.554. The molecule has 13 nitrogen and oxygen atoms in total. The van der Waals surface area contributed by atoms with Crippen LogP contribution < -0.4 is 26.2 Å². The van der Waals surface area contributed by atoms with Crippen LogP contribution in [0.3, 0.4) is 0 Å². The third-order valence-electron chi connectivity index (χ3n) is 12.7. The number of anilines is 3. The number of aromatic nitrogens is 2. The van der Waals surface area contributed by atoms with Gasteiger partial charge in [-0.3, -0.25) is 24.6 Å². The molecule has 4 N–H and O–H groups in total. The fraction of sp³-hybridized carbons (Fsp3) is 0.535. The molecule has 3 aliphatic heterocycles. The van der Waals surface area contributed by atoms with Gasteiger partial charge in [-0.15, -0.1) is 0 Å². The number of carbonyl (C=O) groups excluding carboxylic acids is 4. The maximum atomic E-state index is 15.3. The lowest BCUT2D eigenvalue weighted by atomic mass is 9.83. The molecule has 3 saturated heterocycles. The van der Waals surface area contributed by atoms with Crippen LogP contribution in [0.2, 0.25) is 0 Å². The summed E-state index contributed by atoms with van der Waals surface area (Å²) < 4.78 is 35.4. The third kappa shape index (κ3) is 9.24. The molecule has 4 amide bonds. The van der Waals surface area contributed by atoms with Crippen molar-refractivity contribution in [1.82, 2.24) is 25.5 Å². The Labute approximate surface area is 337 Å². The number of halogens is 2. The molecule has 5 aliphatic rings. The summed E-state index contributed by atoms with van der Waals surface area (Å²) in [5, 5.41) is 12.1. The highest BCUT2D eigenvalue weighted by atomic mass is 19.1. The molecule has 58 heavy (non-hydrogen) atoms. The molecule has 2 aromatic carbocycles. The number of amides is 4. The number of piperidine rings is 2. The van der Waals surface area contributed by atoms with Crippen molar-refractivity contribution < 1.29 is 32.7 Å². The number of hydrogen-bond acceptors (Lipinski definition) is 10. The Morgan fingerprint density at radius 1 is 0.828 bits per heavy atom. The Balaban J connectivity index is 0.754. The zero-order chi connectivity index (χ0) is 40.2. The van der Waals surface area contributed by atoms with Crippen LogP contribution in [0.5, 0.6) is 0 Å². The highest BCUT2D eigenvalue weighted by Gasteiger charge is 2.33. The van der Waals surface area contributed by atoms with Crippen LogP contribution in [0.25, 0.3) is 11.3 Å². The standard InChI is InChI=1S/C43H52F2N8O5/c44-35-24-31(47-37-15-16-38(54)50-41(37)56)11-14-34(35)26-17-20-52(21-18-26)32-12-9-29(10-13-32)48-40(55)27-5-7-30(8-6-27)49-42-46-25-36(45)39(51-42)28-3-1-4-33(23-28)53-19-2-22-58-43(53)57/h1,3-4,11,14,23-27,29-30,32,37,47H,2,5-10,12-13,15-22H2,(H,48,55)(H,46,49,51)(H,50,54,56). The van der Waals surface area contributed by atoms with Crippen LogP contribution in [0.15, 0.2) is 48.7 Å². The van der Waals surface area contributed by atoms with E-state index in [9.17, 15) is 23.6 Å². The average Bonchev–Trinajstić information content (AvgIpc) is 3.23. The molecular formula is C43H52F2N8O5. The van der Waals surface area contributed by atoms with Gasteiger partial charge in [0.05, 0.1) is 12.8 Å². The molecule has 2 aliphatic carbocycles. The van der Waals surface area contributed by atoms with E-state index >= 15 is 4.39 Å². The first-order chi connectivity index (χ1) is 28.2. The number of benzene rings is 2. The summed E-state index contributed by atoms with van der Waals surface area (Å²) in [5.74, 6) is -0.935. The quantitative estimate of drug-likeness (QED) is 0.173. The van der Waals surface area contributed by atoms with Gasteiger partial charge in [0.1, 0.15) is 17.6 Å². The second-order valence-electron chi connectivity index (χ2n) is 16.5. The topological polar surface area (TPSA) is 158 Å². The van der Waals surface area contributed by atoms with Crippen LogP contribution in [0.1, 0.15) is 95.0 Å². The lowest BCUT2D eigenvalue weighted by Crippen LogP contribution is -2.47. The third-order valence-corrected chi connectivity index (χ3v) is 12.7. The van der Waals surface area contributed by atoms with Crippen molar-refractivity contribution in [3.05, 3.63) is 65.9 Å². The van der Waals surface area contributed by atoms with E-state index in [1.165, 1.54) is 11.0 Å². The molecule has 15 heteroatoms. The molecule has 1 aromatic heterocycles. The van der Waals surface area contributed by atoms with Gasteiger partial charge in [-0.2, -0.15) is 0 Å². The fourth-order valence-electron chi connectivity index (χ4n) is 9.39. The molecular weight excluding hydrogens is 747 g/mol. The normalized spacial score (nSPS) is 26.1. The first-order valence-corrected chi connectivity index (χ1v) is 20.9. The van der Waals surface area contributed by atoms with Crippen LogP contribution in [0, 0.1) is 17.6 Å². The molecule has 4 heterocycles. The summed E-state index contributed by atoms with van der Waals surface area (Å²) in [6, 6.07) is 12.3. The second-order valence-corrected chi connectivity index (χ2v) is 16.5. The Kier molecular flexibility index (Phi) is 12.1. The van der Waals surface area contributed by atoms with Gasteiger partial charge >= 0.3 is 6.09 Å². The average molecular weight is 799 g/mol. The summed E-state index contributed by atoms with van der Waals surface area (Å²) in [4.78, 5) is 62.0. The van der Waals surface area contributed by atoms with Gasteiger partial charge in [0.25, 0.3) is 0 Å². The summed E-state index contributed by atoms with van der Waals surface area (Å²) >= 11 is 0. The minimum absolute atomic E-state index is 0.0496. The number of nitrogens with zero attached hydrogens (tertiary/aromatic N) is 4. The number of ether oxygens (including phenoxy) is 1. The SMILES string of the molecule is O=C1CCC(Nc2ccc(C3CCN(C4CCC(NC(=O)C5CCC(Nc6ncc(F)c(-c7cccc(N8CCCOC8=O)c7)n6)CC5)CC4)CC3)c(F)c2)C(=O)N1. The van der Waals surface area contributed by atoms with E-state index in [1.807, 2.05) is 12.1 Å². The van der Waals surface area contributed by atoms with Gasteiger partial charge in [-0.05, 0) is 126 Å². The van der Waals surface area contributed by atoms with Crippen LogP contribution in [-0.4, -0.2) is 89.1 Å². The summed E-state index contributed by atoms with van der Waals surface area (Å²) in [6.45, 7) is 2.74. The number of hydrogen-bond donors (Lipinski definition) is 4. The van der Waals surface area contributed by atoms with Gasteiger partial charge in [0.2, 0.25) is 23.7 Å². The van der Waals surface area contributed by atoms with Crippen molar-refractivity contribution in [3.63, 3.8) is 0 Å². The number of carbonyl (C=O) groups is 4. The number of cyclic esters (lactones) is 1. The van der Waals surface area contributed by atoms with Crippen LogP contribution >= 0.6 is 0 Å². The predicted molar refractivity (Wildman–Crippen MR) is 214 cm³/mol. The summed E-state index contributed by atoms with van der Waals surface area (Å²) in [7, 11) is 0. The van der Waals surface area contributed by atoms with E-state index in [2.05, 4.69) is 36.1 Å². The minimum Gasteiger partial charge on any atom is -0.449 e. The second kappa shape index (κ2) is 17.8. The van der Waals surface area contributed by atoms with Gasteiger partial charge in [0.15, 0.2) is 5.82 Å². The van der Waals surface area contributed by atoms with E-state index in [1.54, 1.807) is 24.3 Å². The number of imide groups is 1. The highest BCUT2D eigenvalue weighted by Crippen LogP contribution is 2.35. The first kappa shape index (κ1) is 39.6. The Morgan fingerprint density at radius 3 is 2.34 bits per heavy atom. The number of nitrogens with one attached hydrogen (secondary N) is 4. The van der Waals surface area contributed by atoms with Crippen molar-refractivity contribution in [3.8, 4) is 11.3 Å². The van der Waals surface area contributed by atoms with Crippen molar-refractivity contribution in [2.45, 2.75) is 114 Å². The van der Waals surface area contributed by atoms with Gasteiger partial charge in [-0.25, -0.2) is 23.5 Å². The molecule has 1 atom stereocenters. The Hall–Kier alpha value is -5.18. The van der Waals surface area contributed by atoms with Crippen molar-refractivity contribution in [1.29, 1.82) is 0 Å². The monoisotopic (exact) mass is 798 g/mol. The maximum absolute atomic E-state index is 15.3. The van der Waals surface area contributed by atoms with Gasteiger partial charge in [-0.1, -0.05) is 18.2 Å². The van der Waals surface area contributed by atoms with E-state index in [0.717, 1.165) is 89.9 Å². The molecule has 2 saturated carbocycles. The zero-order valence-corrected chi connectivity index (χ0v) is 32.7. The Morgan fingerprint density at radius 2 is 1.60 bits per heavy atom. The van der Waals surface area contributed by atoms with E-state index in [4.69, 9.17) is 4.74 Å². The Bertz CT molecular complexity index is 1990. The molecule has 308 valence electrons. The summed E-state index contributed by atoms with van der Waals surface area (Å²) in [6.07, 6.45) is 10.9. The lowest BCUT2D eigenvalue weighted by molar-refractivity contribution is -0.133. The lowest BCUT2D eigenvalue weighted by Gasteiger charge is -2.41. The van der Waals surface area contributed by atoms with Crippen molar-refractivity contribution >= 4 is 41.1 Å². The zero-order valence-electron chi connectivity index (χ0n) is 32.7. The number of likely N-dealkylation sites (tertiary alicyclic amines) is 1. The van der Waals surface area contributed by atoms with Gasteiger partial charge in [0, 0.05) is 53.9 Å². The fourth-order valence-corrected chi connectivity index (χ4v) is 9.39. The van der Waals surface area contributed by atoms with Crippen LogP contribution in [0.4, 0.5) is 30.9 Å². The molecule has 0 spiro atoms. The predicted octanol–water partition coefficient (Wildman–Crippen LogP) is 6.26. The first-order valence-electron chi connectivity index (χ1n) is 20.9. The maximum Gasteiger partial charge on any atom is 0.414 e. The van der Waals surface area contributed by atoms with Gasteiger partial charge < -0.3 is 25.6 Å². The number of rotatable bonds is 10. The molecule has 0 bridgehead atoms. The molecule has 0 radical (unpaired) electrons. The summed E-state index contributed by atoms with van der Waals surface area (Å²) in [5.41, 5.74) is 2.56.